The third kappa shape index (κ3) is 2.12. The molecule has 20 heavy (non-hydrogen) atoms. The van der Waals surface area contributed by atoms with Gasteiger partial charge in [0.15, 0.2) is 0 Å². The van der Waals surface area contributed by atoms with Gasteiger partial charge in [-0.2, -0.15) is 0 Å². The highest BCUT2D eigenvalue weighted by molar-refractivity contribution is 5.86. The van der Waals surface area contributed by atoms with E-state index in [9.17, 15) is 9.18 Å². The van der Waals surface area contributed by atoms with Crippen molar-refractivity contribution in [3.8, 4) is 0 Å². The fourth-order valence-electron chi connectivity index (χ4n) is 3.70. The second kappa shape index (κ2) is 5.17. The third-order valence-corrected chi connectivity index (χ3v) is 5.05. The Labute approximate surface area is 119 Å². The van der Waals surface area contributed by atoms with E-state index < -0.39 is 0 Å². The molecule has 1 unspecified atom stereocenters. The molecule has 1 aromatic carbocycles. The van der Waals surface area contributed by atoms with E-state index in [-0.39, 0.29) is 23.1 Å². The summed E-state index contributed by atoms with van der Waals surface area (Å²) < 4.78 is 13.1. The summed E-state index contributed by atoms with van der Waals surface area (Å²) in [6.45, 7) is 5.82. The predicted octanol–water partition coefficient (Wildman–Crippen LogP) is 2.14. The average Bonchev–Trinajstić information content (AvgIpc) is 2.78. The number of carbonyl (C=O) groups excluding carboxylic acids is 1. The van der Waals surface area contributed by atoms with Crippen molar-refractivity contribution in [2.24, 2.45) is 5.41 Å². The topological polar surface area (TPSA) is 32.3 Å². The summed E-state index contributed by atoms with van der Waals surface area (Å²) >= 11 is 0. The van der Waals surface area contributed by atoms with Gasteiger partial charge in [0, 0.05) is 12.5 Å². The number of carbonyl (C=O) groups is 1. The highest BCUT2D eigenvalue weighted by Gasteiger charge is 2.51. The zero-order chi connectivity index (χ0) is 14.2. The van der Waals surface area contributed by atoms with Gasteiger partial charge >= 0.3 is 0 Å². The summed E-state index contributed by atoms with van der Waals surface area (Å²) in [6.07, 6.45) is 1.80. The molecule has 1 atom stereocenters. The Balaban J connectivity index is 1.87. The number of halogens is 1. The predicted molar refractivity (Wildman–Crippen MR) is 75.9 cm³/mol. The first-order valence-corrected chi connectivity index (χ1v) is 7.42. The van der Waals surface area contributed by atoms with Crippen LogP contribution in [0.3, 0.4) is 0 Å². The maximum Gasteiger partial charge on any atom is 0.227 e. The number of piperidine rings is 1. The van der Waals surface area contributed by atoms with E-state index in [1.165, 1.54) is 12.1 Å². The lowest BCUT2D eigenvalue weighted by atomic mass is 9.68. The maximum atomic E-state index is 13.1. The molecule has 0 bridgehead atoms. The number of hydrogen-bond acceptors (Lipinski definition) is 2. The van der Waals surface area contributed by atoms with Gasteiger partial charge < -0.3 is 10.2 Å². The summed E-state index contributed by atoms with van der Waals surface area (Å²) in [5, 5.41) is 3.02. The summed E-state index contributed by atoms with van der Waals surface area (Å²) in [5.41, 5.74) is 0.790. The van der Waals surface area contributed by atoms with Crippen LogP contribution in [-0.2, 0) is 4.79 Å². The SMILES string of the molecule is CCN1CCC2(CC1)C(=O)NCC2c1ccc(F)cc1. The number of nitrogens with one attached hydrogen (secondary N) is 1. The highest BCUT2D eigenvalue weighted by atomic mass is 19.1. The fraction of sp³-hybridized carbons (Fsp3) is 0.562. The van der Waals surface area contributed by atoms with Gasteiger partial charge in [-0.1, -0.05) is 19.1 Å². The molecule has 1 spiro atoms. The quantitative estimate of drug-likeness (QED) is 0.897. The van der Waals surface area contributed by atoms with Crippen LogP contribution in [0.25, 0.3) is 0 Å². The molecule has 108 valence electrons. The minimum Gasteiger partial charge on any atom is -0.355 e. The van der Waals surface area contributed by atoms with E-state index in [2.05, 4.69) is 17.1 Å². The number of rotatable bonds is 2. The van der Waals surface area contributed by atoms with Crippen molar-refractivity contribution in [3.63, 3.8) is 0 Å². The molecule has 0 aliphatic carbocycles. The maximum absolute atomic E-state index is 13.1. The van der Waals surface area contributed by atoms with Crippen LogP contribution < -0.4 is 5.32 Å². The van der Waals surface area contributed by atoms with Crippen LogP contribution in [0.15, 0.2) is 24.3 Å². The molecule has 1 aromatic rings. The van der Waals surface area contributed by atoms with Crippen molar-refractivity contribution in [2.45, 2.75) is 25.7 Å². The molecule has 0 saturated carbocycles. The number of amides is 1. The van der Waals surface area contributed by atoms with Gasteiger partial charge in [-0.25, -0.2) is 4.39 Å². The molecular weight excluding hydrogens is 255 g/mol. The molecule has 1 amide bonds. The van der Waals surface area contributed by atoms with E-state index >= 15 is 0 Å². The Morgan fingerprint density at radius 1 is 1.30 bits per heavy atom. The van der Waals surface area contributed by atoms with Crippen LogP contribution >= 0.6 is 0 Å². The number of benzene rings is 1. The molecule has 4 heteroatoms. The largest absolute Gasteiger partial charge is 0.355 e. The Morgan fingerprint density at radius 2 is 1.95 bits per heavy atom. The number of likely N-dealkylation sites (tertiary alicyclic amines) is 1. The normalized spacial score (nSPS) is 25.9. The molecule has 3 nitrogen and oxygen atoms in total. The van der Waals surface area contributed by atoms with Crippen LogP contribution in [0.1, 0.15) is 31.2 Å². The summed E-state index contributed by atoms with van der Waals surface area (Å²) in [4.78, 5) is 14.8. The third-order valence-electron chi connectivity index (χ3n) is 5.05. The van der Waals surface area contributed by atoms with Gasteiger partial charge in [0.25, 0.3) is 0 Å². The van der Waals surface area contributed by atoms with Crippen molar-refractivity contribution in [2.75, 3.05) is 26.2 Å². The first kappa shape index (κ1) is 13.6. The smallest absolute Gasteiger partial charge is 0.227 e. The average molecular weight is 276 g/mol. The van der Waals surface area contributed by atoms with Gasteiger partial charge in [0.1, 0.15) is 5.82 Å². The zero-order valence-corrected chi connectivity index (χ0v) is 11.9. The first-order chi connectivity index (χ1) is 9.65. The van der Waals surface area contributed by atoms with Crippen molar-refractivity contribution < 1.29 is 9.18 Å². The Bertz CT molecular complexity index is 492. The standard InChI is InChI=1S/C16H21FN2O/c1-2-19-9-7-16(8-10-19)14(11-18-15(16)20)12-3-5-13(17)6-4-12/h3-6,14H,2,7-11H2,1H3,(H,18,20). The summed E-state index contributed by atoms with van der Waals surface area (Å²) in [5.74, 6) is 0.137. The second-order valence-electron chi connectivity index (χ2n) is 5.90. The summed E-state index contributed by atoms with van der Waals surface area (Å²) in [7, 11) is 0. The lowest BCUT2D eigenvalue weighted by Crippen LogP contribution is -2.45. The molecule has 2 heterocycles. The number of nitrogens with zero attached hydrogens (tertiary/aromatic N) is 1. The van der Waals surface area contributed by atoms with Crippen LogP contribution in [0.4, 0.5) is 4.39 Å². The van der Waals surface area contributed by atoms with E-state index in [1.807, 2.05) is 12.1 Å². The van der Waals surface area contributed by atoms with E-state index in [0.29, 0.717) is 6.54 Å². The van der Waals surface area contributed by atoms with Gasteiger partial charge in [0.2, 0.25) is 5.91 Å². The highest BCUT2D eigenvalue weighted by Crippen LogP contribution is 2.47. The molecular formula is C16H21FN2O. The Morgan fingerprint density at radius 3 is 2.55 bits per heavy atom. The molecule has 2 aliphatic rings. The van der Waals surface area contributed by atoms with Crippen LogP contribution in [0.5, 0.6) is 0 Å². The Kier molecular flexibility index (Phi) is 3.50. The van der Waals surface area contributed by atoms with E-state index in [0.717, 1.165) is 38.0 Å². The van der Waals surface area contributed by atoms with Gasteiger partial charge in [-0.05, 0) is 50.2 Å². The van der Waals surface area contributed by atoms with E-state index in [4.69, 9.17) is 0 Å². The van der Waals surface area contributed by atoms with Crippen LogP contribution in [-0.4, -0.2) is 37.0 Å². The molecule has 2 saturated heterocycles. The first-order valence-electron chi connectivity index (χ1n) is 7.42. The summed E-state index contributed by atoms with van der Waals surface area (Å²) in [6, 6.07) is 6.64. The van der Waals surface area contributed by atoms with Crippen molar-refractivity contribution >= 4 is 5.91 Å². The van der Waals surface area contributed by atoms with Crippen molar-refractivity contribution in [1.82, 2.24) is 10.2 Å². The molecule has 2 aliphatic heterocycles. The van der Waals surface area contributed by atoms with Crippen molar-refractivity contribution in [1.29, 1.82) is 0 Å². The zero-order valence-electron chi connectivity index (χ0n) is 11.9. The fourth-order valence-corrected chi connectivity index (χ4v) is 3.70. The van der Waals surface area contributed by atoms with Crippen LogP contribution in [0.2, 0.25) is 0 Å². The van der Waals surface area contributed by atoms with Gasteiger partial charge in [-0.15, -0.1) is 0 Å². The second-order valence-corrected chi connectivity index (χ2v) is 5.90. The van der Waals surface area contributed by atoms with Crippen LogP contribution in [0, 0.1) is 11.2 Å². The lowest BCUT2D eigenvalue weighted by Gasteiger charge is -2.40. The molecule has 0 radical (unpaired) electrons. The molecule has 3 rings (SSSR count). The monoisotopic (exact) mass is 276 g/mol. The van der Waals surface area contributed by atoms with E-state index in [1.54, 1.807) is 0 Å². The molecule has 2 fully saturated rings. The van der Waals surface area contributed by atoms with Crippen molar-refractivity contribution in [3.05, 3.63) is 35.6 Å². The molecule has 1 N–H and O–H groups in total. The minimum absolute atomic E-state index is 0.176. The Hall–Kier alpha value is -1.42. The van der Waals surface area contributed by atoms with Gasteiger partial charge in [0.05, 0.1) is 5.41 Å². The van der Waals surface area contributed by atoms with Gasteiger partial charge in [-0.3, -0.25) is 4.79 Å². The number of hydrogen-bond donors (Lipinski definition) is 1. The molecule has 0 aromatic heterocycles. The minimum atomic E-state index is -0.288. The lowest BCUT2D eigenvalue weighted by molar-refractivity contribution is -0.130.